The molecule has 0 atom stereocenters. The Morgan fingerprint density at radius 2 is 1.16 bits per heavy atom. The Kier molecular flexibility index (Phi) is 5.58. The molecule has 0 aliphatic heterocycles. The number of anilines is 3. The van der Waals surface area contributed by atoms with E-state index in [1.165, 1.54) is 49.8 Å². The van der Waals surface area contributed by atoms with Gasteiger partial charge in [0.15, 0.2) is 0 Å². The standard InChI is InChI=1S/C43H31NO/c1-43(2)38-21-7-5-17-34(38)37-20-11-22-39(42(37)43)44(31-24-25-36-35-18-6-8-23-40(35)45-41(36)27-31)30-15-9-14-29(26-30)33-19-10-13-28-12-3-4-16-32(28)33/h3-27H,1-2H3. The van der Waals surface area contributed by atoms with Gasteiger partial charge in [-0.1, -0.05) is 123 Å². The molecule has 1 aliphatic rings. The highest BCUT2D eigenvalue weighted by Gasteiger charge is 2.38. The van der Waals surface area contributed by atoms with E-state index in [1.54, 1.807) is 0 Å². The van der Waals surface area contributed by atoms with Crippen LogP contribution in [0.2, 0.25) is 0 Å². The third-order valence-corrected chi connectivity index (χ3v) is 9.62. The van der Waals surface area contributed by atoms with Crippen LogP contribution in [0, 0.1) is 0 Å². The van der Waals surface area contributed by atoms with Crippen LogP contribution in [-0.2, 0) is 5.41 Å². The summed E-state index contributed by atoms with van der Waals surface area (Å²) in [6.45, 7) is 4.71. The Balaban J connectivity index is 1.30. The number of nitrogens with zero attached hydrogens (tertiary/aromatic N) is 1. The number of fused-ring (bicyclic) bond motifs is 7. The summed E-state index contributed by atoms with van der Waals surface area (Å²) in [6.07, 6.45) is 0. The third-order valence-electron chi connectivity index (χ3n) is 9.62. The zero-order valence-electron chi connectivity index (χ0n) is 25.3. The molecular weight excluding hydrogens is 546 g/mol. The summed E-state index contributed by atoms with van der Waals surface area (Å²) in [4.78, 5) is 2.42. The van der Waals surface area contributed by atoms with Crippen molar-refractivity contribution in [2.75, 3.05) is 4.90 Å². The molecule has 0 fully saturated rings. The molecule has 1 aliphatic carbocycles. The van der Waals surface area contributed by atoms with Crippen molar-refractivity contribution >= 4 is 49.8 Å². The van der Waals surface area contributed by atoms with Gasteiger partial charge in [-0.05, 0) is 80.6 Å². The largest absolute Gasteiger partial charge is 0.456 e. The number of hydrogen-bond donors (Lipinski definition) is 0. The lowest BCUT2D eigenvalue weighted by molar-refractivity contribution is 0.660. The van der Waals surface area contributed by atoms with Crippen LogP contribution in [0.5, 0.6) is 0 Å². The summed E-state index contributed by atoms with van der Waals surface area (Å²) in [6, 6.07) is 54.7. The van der Waals surface area contributed by atoms with Crippen molar-refractivity contribution in [3.8, 4) is 22.3 Å². The van der Waals surface area contributed by atoms with Crippen LogP contribution in [0.4, 0.5) is 17.1 Å². The van der Waals surface area contributed by atoms with E-state index in [2.05, 4.69) is 158 Å². The van der Waals surface area contributed by atoms with Crippen molar-refractivity contribution in [2.24, 2.45) is 0 Å². The minimum Gasteiger partial charge on any atom is -0.456 e. The number of hydrogen-bond acceptors (Lipinski definition) is 2. The predicted octanol–water partition coefficient (Wildman–Crippen LogP) is 12.2. The molecule has 0 bridgehead atoms. The highest BCUT2D eigenvalue weighted by atomic mass is 16.3. The Morgan fingerprint density at radius 3 is 2.09 bits per heavy atom. The van der Waals surface area contributed by atoms with Gasteiger partial charge in [0, 0.05) is 33.6 Å². The van der Waals surface area contributed by atoms with Crippen LogP contribution in [0.1, 0.15) is 25.0 Å². The van der Waals surface area contributed by atoms with Crippen LogP contribution in [0.15, 0.2) is 156 Å². The summed E-state index contributed by atoms with van der Waals surface area (Å²) >= 11 is 0. The van der Waals surface area contributed by atoms with E-state index in [0.717, 1.165) is 33.3 Å². The second-order valence-corrected chi connectivity index (χ2v) is 12.6. The van der Waals surface area contributed by atoms with Crippen molar-refractivity contribution in [3.05, 3.63) is 163 Å². The SMILES string of the molecule is CC1(C)c2ccccc2-c2cccc(N(c3cccc(-c4cccc5ccccc45)c3)c3ccc4c(c3)oc3ccccc34)c21. The van der Waals surface area contributed by atoms with E-state index in [1.807, 2.05) is 12.1 Å². The van der Waals surface area contributed by atoms with Crippen molar-refractivity contribution < 1.29 is 4.42 Å². The minimum absolute atomic E-state index is 0.169. The van der Waals surface area contributed by atoms with E-state index >= 15 is 0 Å². The molecule has 0 spiro atoms. The molecule has 214 valence electrons. The smallest absolute Gasteiger partial charge is 0.137 e. The first-order valence-electron chi connectivity index (χ1n) is 15.6. The van der Waals surface area contributed by atoms with Crippen molar-refractivity contribution in [1.82, 2.24) is 0 Å². The molecule has 9 rings (SSSR count). The molecule has 1 heterocycles. The molecule has 0 amide bonds. The Morgan fingerprint density at radius 1 is 0.489 bits per heavy atom. The average Bonchev–Trinajstić information content (AvgIpc) is 3.57. The number of para-hydroxylation sites is 1. The van der Waals surface area contributed by atoms with E-state index in [-0.39, 0.29) is 5.41 Å². The van der Waals surface area contributed by atoms with Crippen molar-refractivity contribution in [1.29, 1.82) is 0 Å². The predicted molar refractivity (Wildman–Crippen MR) is 189 cm³/mol. The van der Waals surface area contributed by atoms with Crippen molar-refractivity contribution in [3.63, 3.8) is 0 Å². The second kappa shape index (κ2) is 9.70. The molecule has 0 N–H and O–H groups in total. The zero-order valence-corrected chi connectivity index (χ0v) is 25.3. The molecule has 2 heteroatoms. The normalized spacial score (nSPS) is 13.3. The van der Waals surface area contributed by atoms with Crippen LogP contribution in [-0.4, -0.2) is 0 Å². The molecule has 0 saturated carbocycles. The highest BCUT2D eigenvalue weighted by Crippen LogP contribution is 2.54. The first-order valence-corrected chi connectivity index (χ1v) is 15.6. The molecule has 0 unspecified atom stereocenters. The fourth-order valence-electron chi connectivity index (χ4n) is 7.58. The highest BCUT2D eigenvalue weighted by molar-refractivity contribution is 6.06. The van der Waals surface area contributed by atoms with Crippen LogP contribution in [0.25, 0.3) is 55.0 Å². The van der Waals surface area contributed by atoms with Crippen LogP contribution >= 0.6 is 0 Å². The number of furan rings is 1. The summed E-state index contributed by atoms with van der Waals surface area (Å²) in [5, 5.41) is 4.77. The molecule has 0 radical (unpaired) electrons. The molecular formula is C43H31NO. The fraction of sp³-hybridized carbons (Fsp3) is 0.0698. The molecule has 2 nitrogen and oxygen atoms in total. The lowest BCUT2D eigenvalue weighted by Gasteiger charge is -2.32. The summed E-state index contributed by atoms with van der Waals surface area (Å²) < 4.78 is 6.41. The number of benzene rings is 7. The maximum atomic E-state index is 6.41. The van der Waals surface area contributed by atoms with Gasteiger partial charge in [0.2, 0.25) is 0 Å². The van der Waals surface area contributed by atoms with Gasteiger partial charge >= 0.3 is 0 Å². The molecule has 45 heavy (non-hydrogen) atoms. The fourth-order valence-corrected chi connectivity index (χ4v) is 7.58. The monoisotopic (exact) mass is 577 g/mol. The van der Waals surface area contributed by atoms with Gasteiger partial charge in [0.1, 0.15) is 11.2 Å². The van der Waals surface area contributed by atoms with Gasteiger partial charge in [-0.15, -0.1) is 0 Å². The van der Waals surface area contributed by atoms with Gasteiger partial charge in [0.25, 0.3) is 0 Å². The van der Waals surface area contributed by atoms with Gasteiger partial charge < -0.3 is 9.32 Å². The second-order valence-electron chi connectivity index (χ2n) is 12.6. The lowest BCUT2D eigenvalue weighted by Crippen LogP contribution is -2.20. The zero-order chi connectivity index (χ0) is 30.1. The van der Waals surface area contributed by atoms with E-state index in [4.69, 9.17) is 4.42 Å². The molecule has 1 aromatic heterocycles. The Hall–Kier alpha value is -5.60. The van der Waals surface area contributed by atoms with Gasteiger partial charge in [0.05, 0.1) is 5.69 Å². The summed E-state index contributed by atoms with van der Waals surface area (Å²) in [5.74, 6) is 0. The summed E-state index contributed by atoms with van der Waals surface area (Å²) in [7, 11) is 0. The first-order chi connectivity index (χ1) is 22.1. The summed E-state index contributed by atoms with van der Waals surface area (Å²) in [5.41, 5.74) is 12.7. The van der Waals surface area contributed by atoms with Gasteiger partial charge in [-0.25, -0.2) is 0 Å². The Bertz CT molecular complexity index is 2420. The third kappa shape index (κ3) is 3.89. The van der Waals surface area contributed by atoms with E-state index < -0.39 is 0 Å². The van der Waals surface area contributed by atoms with Crippen molar-refractivity contribution in [2.45, 2.75) is 19.3 Å². The van der Waals surface area contributed by atoms with Gasteiger partial charge in [-0.3, -0.25) is 0 Å². The quantitative estimate of drug-likeness (QED) is 0.207. The molecule has 8 aromatic rings. The minimum atomic E-state index is -0.169. The lowest BCUT2D eigenvalue weighted by atomic mass is 9.81. The van der Waals surface area contributed by atoms with E-state index in [9.17, 15) is 0 Å². The van der Waals surface area contributed by atoms with Crippen LogP contribution < -0.4 is 4.90 Å². The first kappa shape index (κ1) is 25.9. The number of rotatable bonds is 4. The van der Waals surface area contributed by atoms with Crippen LogP contribution in [0.3, 0.4) is 0 Å². The molecule has 0 saturated heterocycles. The average molecular weight is 578 g/mol. The van der Waals surface area contributed by atoms with E-state index in [0.29, 0.717) is 0 Å². The maximum absolute atomic E-state index is 6.41. The van der Waals surface area contributed by atoms with Gasteiger partial charge in [-0.2, -0.15) is 0 Å². The topological polar surface area (TPSA) is 16.4 Å². The maximum Gasteiger partial charge on any atom is 0.137 e. The molecule has 7 aromatic carbocycles. The Labute approximate surface area is 262 Å².